The van der Waals surface area contributed by atoms with E-state index < -0.39 is 0 Å². The normalized spacial score (nSPS) is 13.4. The maximum absolute atomic E-state index is 5.68. The van der Waals surface area contributed by atoms with Crippen molar-refractivity contribution in [3.63, 3.8) is 0 Å². The summed E-state index contributed by atoms with van der Waals surface area (Å²) < 4.78 is 2.07. The van der Waals surface area contributed by atoms with Gasteiger partial charge in [0.25, 0.3) is 0 Å². The number of pyridine rings is 1. The van der Waals surface area contributed by atoms with Gasteiger partial charge in [-0.05, 0) is 49.4 Å². The number of nitrogens with one attached hydrogen (secondary N) is 2. The highest BCUT2D eigenvalue weighted by molar-refractivity contribution is 6.18. The van der Waals surface area contributed by atoms with E-state index >= 15 is 0 Å². The molecule has 0 aliphatic heterocycles. The highest BCUT2D eigenvalue weighted by Gasteiger charge is 2.15. The van der Waals surface area contributed by atoms with Crippen LogP contribution >= 0.6 is 11.6 Å². The highest BCUT2D eigenvalue weighted by Crippen LogP contribution is 2.30. The van der Waals surface area contributed by atoms with E-state index in [1.807, 2.05) is 108 Å². The molecule has 0 fully saturated rings. The first-order valence-electron chi connectivity index (χ1n) is 15.0. The number of hydrogen-bond donors (Lipinski definition) is 2. The molecule has 0 spiro atoms. The van der Waals surface area contributed by atoms with E-state index in [-0.39, 0.29) is 5.92 Å². The second kappa shape index (κ2) is 25.8. The fourth-order valence-corrected chi connectivity index (χ4v) is 3.79. The topological polar surface area (TPSA) is 41.4 Å². The zero-order chi connectivity index (χ0) is 32.3. The number of allylic oxidation sites excluding steroid dienone is 9. The van der Waals surface area contributed by atoms with Crippen LogP contribution in [-0.4, -0.2) is 36.4 Å². The molecule has 1 aliphatic rings. The maximum atomic E-state index is 5.68. The summed E-state index contributed by atoms with van der Waals surface area (Å²) >= 11 is 5.68. The van der Waals surface area contributed by atoms with Crippen molar-refractivity contribution < 1.29 is 0 Å². The maximum Gasteiger partial charge on any atom is 0.137 e. The lowest BCUT2D eigenvalue weighted by Crippen LogP contribution is -2.09. The quantitative estimate of drug-likeness (QED) is 0.200. The van der Waals surface area contributed by atoms with Crippen molar-refractivity contribution >= 4 is 23.3 Å². The number of fused-ring (bicyclic) bond motifs is 1. The first-order valence-corrected chi connectivity index (χ1v) is 15.6. The van der Waals surface area contributed by atoms with Gasteiger partial charge in [0.2, 0.25) is 0 Å². The minimum absolute atomic E-state index is 0.133. The summed E-state index contributed by atoms with van der Waals surface area (Å²) in [4.78, 5) is 4.42. The van der Waals surface area contributed by atoms with E-state index in [9.17, 15) is 0 Å². The van der Waals surface area contributed by atoms with Crippen molar-refractivity contribution in [3.05, 3.63) is 151 Å². The Balaban J connectivity index is 0.00000105. The van der Waals surface area contributed by atoms with Crippen molar-refractivity contribution in [3.8, 4) is 0 Å². The minimum atomic E-state index is 0.133. The van der Waals surface area contributed by atoms with Crippen LogP contribution in [0.3, 0.4) is 0 Å². The van der Waals surface area contributed by atoms with Gasteiger partial charge in [0, 0.05) is 30.7 Å². The SMILES string of the molecule is C=Cc1cnc2ccc(C3C=CC=C(C/C=C\C=C/CCl)C(C(=C)NC)=C3)cn12.CC.CCC.CNC.c1ccccc1. The Morgan fingerprint density at radius 3 is 2.12 bits per heavy atom. The first-order chi connectivity index (χ1) is 21.0. The molecule has 4 rings (SSSR count). The number of nitrogens with zero attached hydrogens (tertiary/aromatic N) is 2. The van der Waals surface area contributed by atoms with E-state index in [0.717, 1.165) is 29.0 Å². The zero-order valence-corrected chi connectivity index (χ0v) is 28.1. The van der Waals surface area contributed by atoms with Crippen LogP contribution in [0, 0.1) is 0 Å². The van der Waals surface area contributed by atoms with E-state index in [1.54, 1.807) is 0 Å². The molecule has 1 aliphatic carbocycles. The van der Waals surface area contributed by atoms with Crippen LogP contribution in [-0.2, 0) is 0 Å². The summed E-state index contributed by atoms with van der Waals surface area (Å²) in [5.41, 5.74) is 6.34. The molecule has 0 amide bonds. The number of hydrogen-bond acceptors (Lipinski definition) is 3. The Hall–Kier alpha value is -3.86. The third-order valence-corrected chi connectivity index (χ3v) is 5.74. The number of imidazole rings is 1. The second-order valence-electron chi connectivity index (χ2n) is 9.07. The highest BCUT2D eigenvalue weighted by atomic mass is 35.5. The van der Waals surface area contributed by atoms with Crippen LogP contribution in [0.5, 0.6) is 0 Å². The predicted octanol–water partition coefficient (Wildman–Crippen LogP) is 9.92. The predicted molar refractivity (Wildman–Crippen MR) is 194 cm³/mol. The lowest BCUT2D eigenvalue weighted by Gasteiger charge is -2.16. The molecule has 3 aromatic rings. The molecule has 232 valence electrons. The Bertz CT molecular complexity index is 1280. The molecule has 43 heavy (non-hydrogen) atoms. The van der Waals surface area contributed by atoms with Gasteiger partial charge in [0.05, 0.1) is 11.9 Å². The van der Waals surface area contributed by atoms with Crippen molar-refractivity contribution in [1.29, 1.82) is 0 Å². The minimum Gasteiger partial charge on any atom is -0.388 e. The molecule has 4 nitrogen and oxygen atoms in total. The number of rotatable bonds is 8. The van der Waals surface area contributed by atoms with Gasteiger partial charge in [-0.1, -0.05) is 138 Å². The Labute approximate surface area is 267 Å². The van der Waals surface area contributed by atoms with Crippen LogP contribution in [0.1, 0.15) is 57.7 Å². The van der Waals surface area contributed by atoms with Crippen LogP contribution in [0.15, 0.2) is 140 Å². The molecule has 2 N–H and O–H groups in total. The molecule has 1 unspecified atom stereocenters. The van der Waals surface area contributed by atoms with Gasteiger partial charge in [-0.3, -0.25) is 0 Å². The summed E-state index contributed by atoms with van der Waals surface area (Å²) in [7, 11) is 5.65. The Kier molecular flexibility index (Phi) is 23.5. The van der Waals surface area contributed by atoms with Gasteiger partial charge >= 0.3 is 0 Å². The van der Waals surface area contributed by atoms with E-state index in [1.165, 1.54) is 17.6 Å². The van der Waals surface area contributed by atoms with Crippen LogP contribution in [0.25, 0.3) is 11.7 Å². The van der Waals surface area contributed by atoms with Gasteiger partial charge in [-0.25, -0.2) is 4.98 Å². The van der Waals surface area contributed by atoms with E-state index in [0.29, 0.717) is 5.88 Å². The standard InChI is InChI=1S/C25H26ClN3.C6H6.C3H8.C2H7N.C2H6/c1-4-23-17-28-25-14-13-22(18-29(23)25)21-12-9-11-20(10-7-5-6-8-15-26)24(16-21)19(2)27-3;1-2-4-6-5-3-1;2*1-3-2;1-2/h4-9,11-14,16-18,21,27H,1-2,10,15H2,3H3;1-6H;3H2,1-2H3;3H,1-2H3;1-2H3/b7-5-,8-6-;;;;. The van der Waals surface area contributed by atoms with Crippen molar-refractivity contribution in [2.75, 3.05) is 27.0 Å². The van der Waals surface area contributed by atoms with Crippen LogP contribution in [0.4, 0.5) is 0 Å². The fraction of sp³-hybridized carbons (Fsp3) is 0.289. The average Bonchev–Trinajstić information content (AvgIpc) is 3.34. The summed E-state index contributed by atoms with van der Waals surface area (Å²) in [6.45, 7) is 16.3. The molecule has 1 aromatic carbocycles. The molecule has 0 saturated heterocycles. The van der Waals surface area contributed by atoms with Gasteiger partial charge in [-0.15, -0.1) is 11.6 Å². The van der Waals surface area contributed by atoms with Crippen molar-refractivity contribution in [1.82, 2.24) is 20.0 Å². The first kappa shape index (κ1) is 39.1. The van der Waals surface area contributed by atoms with Crippen molar-refractivity contribution in [2.45, 2.75) is 46.5 Å². The lowest BCUT2D eigenvalue weighted by molar-refractivity contribution is 0.973. The molecule has 0 radical (unpaired) electrons. The third kappa shape index (κ3) is 15.3. The number of likely N-dealkylation sites (N-methyl/N-ethyl adjacent to an activating group) is 1. The summed E-state index contributed by atoms with van der Waals surface area (Å²) in [6, 6.07) is 16.2. The fourth-order valence-electron chi connectivity index (χ4n) is 3.69. The average molecular weight is 601 g/mol. The zero-order valence-electron chi connectivity index (χ0n) is 27.4. The summed E-state index contributed by atoms with van der Waals surface area (Å²) in [5.74, 6) is 0.655. The van der Waals surface area contributed by atoms with Crippen LogP contribution in [0.2, 0.25) is 0 Å². The van der Waals surface area contributed by atoms with E-state index in [4.69, 9.17) is 11.6 Å². The summed E-state index contributed by atoms with van der Waals surface area (Å²) in [5, 5.41) is 5.95. The molecule has 5 heteroatoms. The Morgan fingerprint density at radius 1 is 1.00 bits per heavy atom. The van der Waals surface area contributed by atoms with Crippen molar-refractivity contribution in [2.24, 2.45) is 0 Å². The number of alkyl halides is 1. The largest absolute Gasteiger partial charge is 0.388 e. The molecule has 0 saturated carbocycles. The van der Waals surface area contributed by atoms with Gasteiger partial charge in [-0.2, -0.15) is 0 Å². The monoisotopic (exact) mass is 600 g/mol. The van der Waals surface area contributed by atoms with Crippen LogP contribution < -0.4 is 10.6 Å². The molecular formula is C38H53ClN4. The summed E-state index contributed by atoms with van der Waals surface area (Å²) in [6.07, 6.45) is 24.7. The van der Waals surface area contributed by atoms with Gasteiger partial charge in [0.15, 0.2) is 0 Å². The molecular weight excluding hydrogens is 548 g/mol. The molecule has 1 atom stereocenters. The Morgan fingerprint density at radius 2 is 1.58 bits per heavy atom. The molecule has 2 aromatic heterocycles. The second-order valence-corrected chi connectivity index (χ2v) is 9.37. The third-order valence-electron chi connectivity index (χ3n) is 5.56. The lowest BCUT2D eigenvalue weighted by atomic mass is 9.94. The molecule has 0 bridgehead atoms. The van der Waals surface area contributed by atoms with Gasteiger partial charge in [0.1, 0.15) is 5.65 Å². The smallest absolute Gasteiger partial charge is 0.137 e. The van der Waals surface area contributed by atoms with E-state index in [2.05, 4.69) is 89.7 Å². The van der Waals surface area contributed by atoms with Gasteiger partial charge < -0.3 is 15.0 Å². The number of benzene rings is 1. The number of halogens is 1. The number of aromatic nitrogens is 2. The molecule has 2 heterocycles.